The largest absolute Gasteiger partial charge is 0.497 e. The van der Waals surface area contributed by atoms with Gasteiger partial charge in [-0.05, 0) is 24.6 Å². The van der Waals surface area contributed by atoms with E-state index < -0.39 is 0 Å². The Morgan fingerprint density at radius 1 is 1.25 bits per heavy atom. The average molecular weight is 272 g/mol. The van der Waals surface area contributed by atoms with Crippen molar-refractivity contribution >= 4 is 17.5 Å². The number of nitrogens with zero attached hydrogens (tertiary/aromatic N) is 2. The fourth-order valence-corrected chi connectivity index (χ4v) is 1.74. The molecule has 106 valence electrons. The van der Waals surface area contributed by atoms with E-state index >= 15 is 0 Å². The highest BCUT2D eigenvalue weighted by Gasteiger charge is 2.00. The molecule has 0 bridgehead atoms. The van der Waals surface area contributed by atoms with Crippen LogP contribution in [-0.2, 0) is 0 Å². The topological polar surface area (TPSA) is 59.1 Å². The first-order chi connectivity index (χ1) is 9.81. The molecule has 5 nitrogen and oxygen atoms in total. The zero-order chi connectivity index (χ0) is 14.2. The highest BCUT2D eigenvalue weighted by Crippen LogP contribution is 2.20. The summed E-state index contributed by atoms with van der Waals surface area (Å²) in [6, 6.07) is 9.57. The van der Waals surface area contributed by atoms with Crippen molar-refractivity contribution in [3.63, 3.8) is 0 Å². The highest BCUT2D eigenvalue weighted by molar-refractivity contribution is 5.58. The van der Waals surface area contributed by atoms with Crippen LogP contribution in [0.25, 0.3) is 0 Å². The van der Waals surface area contributed by atoms with Gasteiger partial charge in [0.2, 0.25) is 5.95 Å². The summed E-state index contributed by atoms with van der Waals surface area (Å²) < 4.78 is 5.20. The van der Waals surface area contributed by atoms with Crippen LogP contribution in [0.1, 0.15) is 19.8 Å². The van der Waals surface area contributed by atoms with E-state index in [1.807, 2.05) is 30.3 Å². The van der Waals surface area contributed by atoms with Gasteiger partial charge in [-0.1, -0.05) is 19.4 Å². The van der Waals surface area contributed by atoms with Gasteiger partial charge in [0.05, 0.1) is 7.11 Å². The van der Waals surface area contributed by atoms with Gasteiger partial charge in [0, 0.05) is 24.5 Å². The number of methoxy groups -OCH3 is 1. The molecule has 0 atom stereocenters. The fraction of sp³-hybridized carbons (Fsp3) is 0.333. The molecule has 2 N–H and O–H groups in total. The van der Waals surface area contributed by atoms with Crippen molar-refractivity contribution in [3.05, 3.63) is 36.5 Å². The number of ether oxygens (including phenoxy) is 1. The van der Waals surface area contributed by atoms with Crippen LogP contribution in [0.2, 0.25) is 0 Å². The number of unbranched alkanes of at least 4 members (excludes halogenated alkanes) is 1. The van der Waals surface area contributed by atoms with Crippen molar-refractivity contribution in [2.75, 3.05) is 24.3 Å². The van der Waals surface area contributed by atoms with Gasteiger partial charge in [-0.15, -0.1) is 0 Å². The van der Waals surface area contributed by atoms with E-state index in [9.17, 15) is 0 Å². The lowest BCUT2D eigenvalue weighted by molar-refractivity contribution is 0.415. The molecule has 1 aromatic carbocycles. The summed E-state index contributed by atoms with van der Waals surface area (Å²) in [7, 11) is 1.65. The second-order valence-electron chi connectivity index (χ2n) is 4.40. The van der Waals surface area contributed by atoms with Gasteiger partial charge in [-0.3, -0.25) is 0 Å². The summed E-state index contributed by atoms with van der Waals surface area (Å²) in [5.74, 6) is 2.21. The molecule has 1 heterocycles. The van der Waals surface area contributed by atoms with E-state index in [1.165, 1.54) is 0 Å². The molecule has 0 aliphatic heterocycles. The van der Waals surface area contributed by atoms with E-state index in [-0.39, 0.29) is 0 Å². The van der Waals surface area contributed by atoms with Gasteiger partial charge in [-0.25, -0.2) is 4.98 Å². The maximum atomic E-state index is 5.20. The average Bonchev–Trinajstić information content (AvgIpc) is 2.48. The Hall–Kier alpha value is -2.30. The Bertz CT molecular complexity index is 545. The van der Waals surface area contributed by atoms with Crippen molar-refractivity contribution in [1.82, 2.24) is 9.97 Å². The summed E-state index contributed by atoms with van der Waals surface area (Å²) in [4.78, 5) is 8.62. The van der Waals surface area contributed by atoms with E-state index in [2.05, 4.69) is 27.5 Å². The molecule has 5 heteroatoms. The minimum absolute atomic E-state index is 0.645. The molecular formula is C15H20N4O. The zero-order valence-electron chi connectivity index (χ0n) is 11.9. The third-order valence-electron chi connectivity index (χ3n) is 2.81. The molecule has 0 amide bonds. The Morgan fingerprint density at radius 2 is 2.15 bits per heavy atom. The monoisotopic (exact) mass is 272 g/mol. The number of anilines is 3. The predicted molar refractivity (Wildman–Crippen MR) is 81.7 cm³/mol. The highest BCUT2D eigenvalue weighted by atomic mass is 16.5. The van der Waals surface area contributed by atoms with Crippen LogP contribution in [0.15, 0.2) is 36.5 Å². The van der Waals surface area contributed by atoms with E-state index in [0.29, 0.717) is 5.95 Å². The van der Waals surface area contributed by atoms with Crippen LogP contribution >= 0.6 is 0 Å². The molecule has 0 saturated heterocycles. The fourth-order valence-electron chi connectivity index (χ4n) is 1.74. The molecule has 1 aromatic heterocycles. The first-order valence-electron chi connectivity index (χ1n) is 6.80. The molecule has 20 heavy (non-hydrogen) atoms. The van der Waals surface area contributed by atoms with Crippen LogP contribution in [-0.4, -0.2) is 23.6 Å². The smallest absolute Gasteiger partial charge is 0.224 e. The van der Waals surface area contributed by atoms with Gasteiger partial charge < -0.3 is 15.4 Å². The van der Waals surface area contributed by atoms with E-state index in [0.717, 1.165) is 36.6 Å². The lowest BCUT2D eigenvalue weighted by Crippen LogP contribution is -2.06. The Morgan fingerprint density at radius 3 is 2.95 bits per heavy atom. The van der Waals surface area contributed by atoms with Gasteiger partial charge in [0.15, 0.2) is 0 Å². The van der Waals surface area contributed by atoms with Crippen molar-refractivity contribution in [1.29, 1.82) is 0 Å². The van der Waals surface area contributed by atoms with Crippen molar-refractivity contribution < 1.29 is 4.74 Å². The Kier molecular flexibility index (Phi) is 5.17. The number of rotatable bonds is 7. The molecule has 2 aromatic rings. The summed E-state index contributed by atoms with van der Waals surface area (Å²) in [5, 5.41) is 6.45. The third kappa shape index (κ3) is 4.12. The second kappa shape index (κ2) is 7.33. The molecule has 0 radical (unpaired) electrons. The minimum Gasteiger partial charge on any atom is -0.497 e. The van der Waals surface area contributed by atoms with Crippen molar-refractivity contribution in [2.45, 2.75) is 19.8 Å². The third-order valence-corrected chi connectivity index (χ3v) is 2.81. The Labute approximate surface area is 119 Å². The molecule has 0 aliphatic carbocycles. The van der Waals surface area contributed by atoms with Crippen LogP contribution in [0.5, 0.6) is 5.75 Å². The molecule has 0 aliphatic rings. The normalized spacial score (nSPS) is 10.1. The van der Waals surface area contributed by atoms with Crippen molar-refractivity contribution in [3.8, 4) is 5.75 Å². The van der Waals surface area contributed by atoms with Crippen LogP contribution in [0, 0.1) is 0 Å². The molecule has 0 fully saturated rings. The Balaban J connectivity index is 2.03. The maximum Gasteiger partial charge on any atom is 0.224 e. The quantitative estimate of drug-likeness (QED) is 0.756. The number of aromatic nitrogens is 2. The second-order valence-corrected chi connectivity index (χ2v) is 4.40. The van der Waals surface area contributed by atoms with E-state index in [4.69, 9.17) is 4.74 Å². The zero-order valence-corrected chi connectivity index (χ0v) is 11.9. The first kappa shape index (κ1) is 14.1. The standard InChI is InChI=1S/C15H20N4O/c1-3-4-9-16-15-17-10-8-14(19-15)18-12-6-5-7-13(11-12)20-2/h5-8,10-11H,3-4,9H2,1-2H3,(H2,16,17,18,19). The molecule has 2 rings (SSSR count). The SMILES string of the molecule is CCCCNc1nccc(Nc2cccc(OC)c2)n1. The molecule has 0 unspecified atom stereocenters. The molecular weight excluding hydrogens is 252 g/mol. The number of nitrogens with one attached hydrogen (secondary N) is 2. The van der Waals surface area contributed by atoms with Gasteiger partial charge in [0.25, 0.3) is 0 Å². The van der Waals surface area contributed by atoms with E-state index in [1.54, 1.807) is 13.3 Å². The minimum atomic E-state index is 0.645. The lowest BCUT2D eigenvalue weighted by atomic mass is 10.3. The molecule has 0 spiro atoms. The van der Waals surface area contributed by atoms with Crippen LogP contribution < -0.4 is 15.4 Å². The number of hydrogen-bond donors (Lipinski definition) is 2. The maximum absolute atomic E-state index is 5.20. The van der Waals surface area contributed by atoms with Crippen LogP contribution in [0.3, 0.4) is 0 Å². The van der Waals surface area contributed by atoms with Gasteiger partial charge >= 0.3 is 0 Å². The van der Waals surface area contributed by atoms with Gasteiger partial charge in [0.1, 0.15) is 11.6 Å². The summed E-state index contributed by atoms with van der Waals surface area (Å²) in [5.41, 5.74) is 0.933. The summed E-state index contributed by atoms with van der Waals surface area (Å²) >= 11 is 0. The predicted octanol–water partition coefficient (Wildman–Crippen LogP) is 3.44. The summed E-state index contributed by atoms with van der Waals surface area (Å²) in [6.45, 7) is 3.04. The number of hydrogen-bond acceptors (Lipinski definition) is 5. The van der Waals surface area contributed by atoms with Crippen molar-refractivity contribution in [2.24, 2.45) is 0 Å². The lowest BCUT2D eigenvalue weighted by Gasteiger charge is -2.09. The van der Waals surface area contributed by atoms with Gasteiger partial charge in [-0.2, -0.15) is 4.98 Å². The molecule has 0 saturated carbocycles. The summed E-state index contributed by atoms with van der Waals surface area (Å²) in [6.07, 6.45) is 4.00. The number of benzene rings is 1. The van der Waals surface area contributed by atoms with Crippen LogP contribution in [0.4, 0.5) is 17.5 Å². The first-order valence-corrected chi connectivity index (χ1v) is 6.80.